The third kappa shape index (κ3) is 9.47. The van der Waals surface area contributed by atoms with Gasteiger partial charge in [-0.25, -0.2) is 4.39 Å². The summed E-state index contributed by atoms with van der Waals surface area (Å²) in [6.07, 6.45) is 2.49. The van der Waals surface area contributed by atoms with E-state index in [1.165, 1.54) is 6.07 Å². The van der Waals surface area contributed by atoms with Crippen molar-refractivity contribution in [1.82, 2.24) is 15.5 Å². The van der Waals surface area contributed by atoms with Crippen LogP contribution in [0, 0.1) is 5.82 Å². The maximum Gasteiger partial charge on any atom is 0.191 e. The van der Waals surface area contributed by atoms with E-state index in [0.29, 0.717) is 18.7 Å². The molecule has 1 aliphatic rings. The van der Waals surface area contributed by atoms with E-state index >= 15 is 0 Å². The van der Waals surface area contributed by atoms with Crippen LogP contribution < -0.4 is 10.6 Å². The van der Waals surface area contributed by atoms with Crippen molar-refractivity contribution in [1.29, 1.82) is 0 Å². The molecule has 0 radical (unpaired) electrons. The molecule has 0 aliphatic carbocycles. The number of halogens is 2. The van der Waals surface area contributed by atoms with Gasteiger partial charge in [0.15, 0.2) is 5.96 Å². The second-order valence-corrected chi connectivity index (χ2v) is 8.77. The molecular weight excluding hydrogens is 494 g/mol. The lowest BCUT2D eigenvalue weighted by Crippen LogP contribution is -2.49. The number of guanidine groups is 1. The first-order valence-electron chi connectivity index (χ1n) is 10.9. The fourth-order valence-electron chi connectivity index (χ4n) is 3.51. The second kappa shape index (κ2) is 13.5. The third-order valence-corrected chi connectivity index (χ3v) is 5.37. The maximum atomic E-state index is 13.6. The standard InChI is InChI=1S/C23H39FN4O.HI/c1-6-25-22(26-17-23(4,5)19-8-7-9-20(24)16-19)27-21-10-12-28(13-11-21)14-15-29-18(2)3;/h7-9,16,18,21H,6,10-15,17H2,1-5H3,(H2,25,26,27);1H. The van der Waals surface area contributed by atoms with Gasteiger partial charge in [-0.2, -0.15) is 0 Å². The molecule has 2 rings (SSSR count). The highest BCUT2D eigenvalue weighted by atomic mass is 127. The van der Waals surface area contributed by atoms with Crippen molar-refractivity contribution < 1.29 is 9.13 Å². The number of rotatable bonds is 9. The summed E-state index contributed by atoms with van der Waals surface area (Å²) in [4.78, 5) is 7.28. The number of nitrogens with zero attached hydrogens (tertiary/aromatic N) is 2. The van der Waals surface area contributed by atoms with E-state index in [0.717, 1.165) is 57.2 Å². The number of benzene rings is 1. The summed E-state index contributed by atoms with van der Waals surface area (Å²) in [7, 11) is 0. The van der Waals surface area contributed by atoms with Crippen LogP contribution in [0.5, 0.6) is 0 Å². The first-order chi connectivity index (χ1) is 13.8. The van der Waals surface area contributed by atoms with Crippen LogP contribution in [0.4, 0.5) is 4.39 Å². The summed E-state index contributed by atoms with van der Waals surface area (Å²) in [6, 6.07) is 7.24. The minimum atomic E-state index is -0.232. The van der Waals surface area contributed by atoms with Crippen LogP contribution in [0.2, 0.25) is 0 Å². The fraction of sp³-hybridized carbons (Fsp3) is 0.696. The smallest absolute Gasteiger partial charge is 0.191 e. The average Bonchev–Trinajstić information content (AvgIpc) is 2.67. The van der Waals surface area contributed by atoms with Crippen molar-refractivity contribution in [2.45, 2.75) is 65.0 Å². The molecule has 0 atom stereocenters. The third-order valence-electron chi connectivity index (χ3n) is 5.37. The minimum absolute atomic E-state index is 0. The molecule has 1 fully saturated rings. The zero-order valence-corrected chi connectivity index (χ0v) is 21.5. The van der Waals surface area contributed by atoms with Gasteiger partial charge in [0.2, 0.25) is 0 Å². The summed E-state index contributed by atoms with van der Waals surface area (Å²) >= 11 is 0. The number of ether oxygens (including phenoxy) is 1. The summed E-state index contributed by atoms with van der Waals surface area (Å²) in [6.45, 7) is 15.8. The van der Waals surface area contributed by atoms with E-state index < -0.39 is 0 Å². The van der Waals surface area contributed by atoms with Gasteiger partial charge in [0.05, 0.1) is 19.3 Å². The van der Waals surface area contributed by atoms with Gasteiger partial charge in [0, 0.05) is 37.6 Å². The van der Waals surface area contributed by atoms with Gasteiger partial charge < -0.3 is 20.3 Å². The van der Waals surface area contributed by atoms with E-state index in [-0.39, 0.29) is 35.2 Å². The van der Waals surface area contributed by atoms with Crippen LogP contribution in [-0.4, -0.2) is 62.3 Å². The lowest BCUT2D eigenvalue weighted by Gasteiger charge is -2.33. The molecule has 30 heavy (non-hydrogen) atoms. The predicted octanol–water partition coefficient (Wildman–Crippen LogP) is 4.17. The van der Waals surface area contributed by atoms with Crippen LogP contribution >= 0.6 is 24.0 Å². The first kappa shape index (κ1) is 27.1. The molecule has 172 valence electrons. The molecule has 1 aliphatic heterocycles. The number of hydrogen-bond acceptors (Lipinski definition) is 3. The quantitative estimate of drug-likeness (QED) is 0.284. The molecule has 0 spiro atoms. The summed E-state index contributed by atoms with van der Waals surface area (Å²) in [5, 5.41) is 6.95. The molecule has 1 aromatic rings. The zero-order valence-electron chi connectivity index (χ0n) is 19.2. The highest BCUT2D eigenvalue weighted by Crippen LogP contribution is 2.24. The van der Waals surface area contributed by atoms with E-state index in [1.807, 2.05) is 6.07 Å². The average molecular weight is 535 g/mol. The van der Waals surface area contributed by atoms with Crippen molar-refractivity contribution in [3.05, 3.63) is 35.6 Å². The van der Waals surface area contributed by atoms with Crippen molar-refractivity contribution >= 4 is 29.9 Å². The fourth-order valence-corrected chi connectivity index (χ4v) is 3.51. The maximum absolute atomic E-state index is 13.6. The van der Waals surface area contributed by atoms with Gasteiger partial charge in [-0.3, -0.25) is 4.99 Å². The Balaban J connectivity index is 0.00000450. The highest BCUT2D eigenvalue weighted by molar-refractivity contribution is 14.0. The minimum Gasteiger partial charge on any atom is -0.377 e. The van der Waals surface area contributed by atoms with Gasteiger partial charge in [-0.15, -0.1) is 24.0 Å². The molecule has 1 saturated heterocycles. The van der Waals surface area contributed by atoms with Gasteiger partial charge in [0.1, 0.15) is 5.82 Å². The van der Waals surface area contributed by atoms with Crippen molar-refractivity contribution in [3.63, 3.8) is 0 Å². The van der Waals surface area contributed by atoms with Crippen LogP contribution in [0.3, 0.4) is 0 Å². The Bertz CT molecular complexity index is 646. The molecule has 2 N–H and O–H groups in total. The molecule has 1 aromatic carbocycles. The van der Waals surface area contributed by atoms with Gasteiger partial charge >= 0.3 is 0 Å². The lowest BCUT2D eigenvalue weighted by atomic mass is 9.85. The highest BCUT2D eigenvalue weighted by Gasteiger charge is 2.23. The SMILES string of the molecule is CCNC(=NCC(C)(C)c1cccc(F)c1)NC1CCN(CCOC(C)C)CC1.I. The molecule has 0 saturated carbocycles. The molecule has 0 unspecified atom stereocenters. The van der Waals surface area contributed by atoms with E-state index in [4.69, 9.17) is 9.73 Å². The summed E-state index contributed by atoms with van der Waals surface area (Å²) in [5.41, 5.74) is 0.735. The molecule has 5 nitrogen and oxygen atoms in total. The van der Waals surface area contributed by atoms with Crippen molar-refractivity contribution in [2.24, 2.45) is 4.99 Å². The zero-order chi connectivity index (χ0) is 21.3. The molecule has 0 aromatic heterocycles. The van der Waals surface area contributed by atoms with Crippen LogP contribution in [0.15, 0.2) is 29.3 Å². The Morgan fingerprint density at radius 1 is 1.30 bits per heavy atom. The summed E-state index contributed by atoms with van der Waals surface area (Å²) in [5.74, 6) is 0.647. The number of aliphatic imine (C=N–C) groups is 1. The van der Waals surface area contributed by atoms with Crippen LogP contribution in [0.25, 0.3) is 0 Å². The Labute approximate surface area is 199 Å². The topological polar surface area (TPSA) is 48.9 Å². The molecule has 0 bridgehead atoms. The van der Waals surface area contributed by atoms with Crippen LogP contribution in [0.1, 0.15) is 53.0 Å². The van der Waals surface area contributed by atoms with E-state index in [2.05, 4.69) is 50.2 Å². The first-order valence-corrected chi connectivity index (χ1v) is 10.9. The lowest BCUT2D eigenvalue weighted by molar-refractivity contribution is 0.0532. The Hall–Kier alpha value is -0.930. The summed E-state index contributed by atoms with van der Waals surface area (Å²) < 4.78 is 19.3. The molecule has 0 amide bonds. The Morgan fingerprint density at radius 3 is 2.60 bits per heavy atom. The predicted molar refractivity (Wildman–Crippen MR) is 135 cm³/mol. The van der Waals surface area contributed by atoms with Gasteiger partial charge in [-0.05, 0) is 51.3 Å². The Kier molecular flexibility index (Phi) is 12.2. The van der Waals surface area contributed by atoms with E-state index in [1.54, 1.807) is 12.1 Å². The molecule has 1 heterocycles. The molecule has 7 heteroatoms. The van der Waals surface area contributed by atoms with Crippen molar-refractivity contribution in [2.75, 3.05) is 39.3 Å². The van der Waals surface area contributed by atoms with E-state index in [9.17, 15) is 4.39 Å². The monoisotopic (exact) mass is 534 g/mol. The number of nitrogens with one attached hydrogen (secondary N) is 2. The molecular formula is C23H40FIN4O. The largest absolute Gasteiger partial charge is 0.377 e. The van der Waals surface area contributed by atoms with Gasteiger partial charge in [0.25, 0.3) is 0 Å². The number of likely N-dealkylation sites (tertiary alicyclic amines) is 1. The number of hydrogen-bond donors (Lipinski definition) is 2. The Morgan fingerprint density at radius 2 is 2.00 bits per heavy atom. The van der Waals surface area contributed by atoms with Crippen LogP contribution in [-0.2, 0) is 10.2 Å². The normalized spacial score (nSPS) is 16.4. The van der Waals surface area contributed by atoms with Gasteiger partial charge in [-0.1, -0.05) is 26.0 Å². The number of piperidine rings is 1. The van der Waals surface area contributed by atoms with Crippen molar-refractivity contribution in [3.8, 4) is 0 Å². The second-order valence-electron chi connectivity index (χ2n) is 8.77.